The van der Waals surface area contributed by atoms with Gasteiger partial charge in [0, 0.05) is 12.4 Å². The van der Waals surface area contributed by atoms with Gasteiger partial charge < -0.3 is 15.4 Å². The van der Waals surface area contributed by atoms with Crippen LogP contribution in [0.5, 0.6) is 0 Å². The Morgan fingerprint density at radius 3 is 2.64 bits per heavy atom. The minimum absolute atomic E-state index is 0.0666. The van der Waals surface area contributed by atoms with Crippen LogP contribution in [0.4, 0.5) is 10.1 Å². The standard InChI is InChI=1S/C8H9BFNO3/c1-5(12)11-7-4-2-3-6(8(7)10)9(13)14/h2-4,13-14H,1H3,(H,11,12). The minimum atomic E-state index is -1.89. The Hall–Kier alpha value is -1.40. The Morgan fingerprint density at radius 2 is 2.14 bits per heavy atom. The summed E-state index contributed by atoms with van der Waals surface area (Å²) in [4.78, 5) is 10.6. The van der Waals surface area contributed by atoms with Crippen molar-refractivity contribution >= 4 is 24.2 Å². The van der Waals surface area contributed by atoms with E-state index in [0.717, 1.165) is 0 Å². The number of carbonyl (C=O) groups excluding carboxylic acids is 1. The molecule has 0 saturated heterocycles. The summed E-state index contributed by atoms with van der Waals surface area (Å²) in [5.74, 6) is -1.26. The summed E-state index contributed by atoms with van der Waals surface area (Å²) < 4.78 is 13.3. The largest absolute Gasteiger partial charge is 0.491 e. The van der Waals surface area contributed by atoms with Crippen molar-refractivity contribution in [2.75, 3.05) is 5.32 Å². The van der Waals surface area contributed by atoms with Crippen LogP contribution in [-0.4, -0.2) is 23.1 Å². The summed E-state index contributed by atoms with van der Waals surface area (Å²) in [7, 11) is -1.89. The number of halogens is 1. The highest BCUT2D eigenvalue weighted by atomic mass is 19.1. The maximum Gasteiger partial charge on any atom is 0.491 e. The van der Waals surface area contributed by atoms with Gasteiger partial charge in [-0.25, -0.2) is 4.39 Å². The molecule has 0 heterocycles. The molecular formula is C8H9BFNO3. The monoisotopic (exact) mass is 197 g/mol. The van der Waals surface area contributed by atoms with Gasteiger partial charge in [-0.1, -0.05) is 12.1 Å². The normalized spacial score (nSPS) is 9.71. The lowest BCUT2D eigenvalue weighted by molar-refractivity contribution is -0.114. The first-order valence-electron chi connectivity index (χ1n) is 3.94. The number of hydrogen-bond acceptors (Lipinski definition) is 3. The van der Waals surface area contributed by atoms with Gasteiger partial charge in [0.05, 0.1) is 5.69 Å². The molecule has 1 rings (SSSR count). The smallest absolute Gasteiger partial charge is 0.423 e. The SMILES string of the molecule is CC(=O)Nc1cccc(B(O)O)c1F. The Balaban J connectivity index is 3.07. The zero-order valence-corrected chi connectivity index (χ0v) is 7.49. The van der Waals surface area contributed by atoms with Crippen molar-refractivity contribution < 1.29 is 19.2 Å². The van der Waals surface area contributed by atoms with Crippen LogP contribution in [-0.2, 0) is 4.79 Å². The first kappa shape index (κ1) is 10.7. The third-order valence-corrected chi connectivity index (χ3v) is 1.62. The molecule has 0 radical (unpaired) electrons. The summed E-state index contributed by atoms with van der Waals surface area (Å²) in [6, 6.07) is 3.98. The fourth-order valence-electron chi connectivity index (χ4n) is 1.04. The lowest BCUT2D eigenvalue weighted by Gasteiger charge is -2.07. The van der Waals surface area contributed by atoms with Gasteiger partial charge in [0.15, 0.2) is 0 Å². The molecule has 0 fully saturated rings. The van der Waals surface area contributed by atoms with E-state index in [4.69, 9.17) is 10.0 Å². The summed E-state index contributed by atoms with van der Waals surface area (Å²) in [5.41, 5.74) is -0.334. The average molecular weight is 197 g/mol. The van der Waals surface area contributed by atoms with Crippen LogP contribution in [0.2, 0.25) is 0 Å². The van der Waals surface area contributed by atoms with Gasteiger partial charge >= 0.3 is 7.12 Å². The van der Waals surface area contributed by atoms with Crippen LogP contribution in [0.25, 0.3) is 0 Å². The van der Waals surface area contributed by atoms with Crippen LogP contribution in [0, 0.1) is 5.82 Å². The second-order valence-electron chi connectivity index (χ2n) is 2.76. The molecule has 0 aliphatic carbocycles. The van der Waals surface area contributed by atoms with Crippen LogP contribution in [0.15, 0.2) is 18.2 Å². The number of anilines is 1. The third-order valence-electron chi connectivity index (χ3n) is 1.62. The number of benzene rings is 1. The second-order valence-corrected chi connectivity index (χ2v) is 2.76. The van der Waals surface area contributed by atoms with Gasteiger partial charge in [0.1, 0.15) is 5.82 Å². The fourth-order valence-corrected chi connectivity index (χ4v) is 1.04. The van der Waals surface area contributed by atoms with E-state index in [9.17, 15) is 9.18 Å². The first-order chi connectivity index (χ1) is 6.52. The van der Waals surface area contributed by atoms with Crippen molar-refractivity contribution in [1.29, 1.82) is 0 Å². The van der Waals surface area contributed by atoms with E-state index in [1.807, 2.05) is 0 Å². The molecule has 4 nitrogen and oxygen atoms in total. The van der Waals surface area contributed by atoms with Gasteiger partial charge in [0.25, 0.3) is 0 Å². The van der Waals surface area contributed by atoms with E-state index in [1.54, 1.807) is 0 Å². The topological polar surface area (TPSA) is 69.6 Å². The van der Waals surface area contributed by atoms with Crippen molar-refractivity contribution in [3.8, 4) is 0 Å². The molecule has 6 heteroatoms. The maximum absolute atomic E-state index is 13.3. The molecule has 74 valence electrons. The van der Waals surface area contributed by atoms with Crippen LogP contribution in [0.1, 0.15) is 6.92 Å². The molecule has 0 saturated carbocycles. The molecule has 1 amide bonds. The molecule has 0 aliphatic heterocycles. The Kier molecular flexibility index (Phi) is 3.21. The van der Waals surface area contributed by atoms with Crippen LogP contribution >= 0.6 is 0 Å². The minimum Gasteiger partial charge on any atom is -0.423 e. The average Bonchev–Trinajstić information content (AvgIpc) is 2.07. The third kappa shape index (κ3) is 2.30. The van der Waals surface area contributed by atoms with E-state index in [2.05, 4.69) is 5.32 Å². The van der Waals surface area contributed by atoms with E-state index in [1.165, 1.54) is 25.1 Å². The number of amides is 1. The van der Waals surface area contributed by atoms with E-state index in [-0.39, 0.29) is 11.2 Å². The maximum atomic E-state index is 13.3. The Bertz CT molecular complexity index is 356. The quantitative estimate of drug-likeness (QED) is 0.558. The highest BCUT2D eigenvalue weighted by Crippen LogP contribution is 2.10. The molecule has 0 atom stereocenters. The molecule has 0 bridgehead atoms. The molecule has 0 aliphatic rings. The molecule has 3 N–H and O–H groups in total. The number of hydrogen-bond donors (Lipinski definition) is 3. The molecule has 0 spiro atoms. The zero-order chi connectivity index (χ0) is 10.7. The van der Waals surface area contributed by atoms with E-state index < -0.39 is 18.8 Å². The molecule has 14 heavy (non-hydrogen) atoms. The first-order valence-corrected chi connectivity index (χ1v) is 3.94. The summed E-state index contributed by atoms with van der Waals surface area (Å²) >= 11 is 0. The van der Waals surface area contributed by atoms with Crippen molar-refractivity contribution in [1.82, 2.24) is 0 Å². The highest BCUT2D eigenvalue weighted by Gasteiger charge is 2.18. The number of rotatable bonds is 2. The predicted molar refractivity (Wildman–Crippen MR) is 50.5 cm³/mol. The molecule has 0 aromatic heterocycles. The fraction of sp³-hybridized carbons (Fsp3) is 0.125. The zero-order valence-electron chi connectivity index (χ0n) is 7.49. The highest BCUT2D eigenvalue weighted by molar-refractivity contribution is 6.58. The van der Waals surface area contributed by atoms with E-state index >= 15 is 0 Å². The van der Waals surface area contributed by atoms with Gasteiger partial charge in [-0.2, -0.15) is 0 Å². The lowest BCUT2D eigenvalue weighted by atomic mass is 9.79. The van der Waals surface area contributed by atoms with Gasteiger partial charge in [-0.05, 0) is 6.07 Å². The van der Waals surface area contributed by atoms with Gasteiger partial charge in [-0.15, -0.1) is 0 Å². The van der Waals surface area contributed by atoms with Crippen molar-refractivity contribution in [2.24, 2.45) is 0 Å². The van der Waals surface area contributed by atoms with Crippen molar-refractivity contribution in [2.45, 2.75) is 6.92 Å². The molecular weight excluding hydrogens is 188 g/mol. The number of nitrogens with one attached hydrogen (secondary N) is 1. The Morgan fingerprint density at radius 1 is 1.50 bits per heavy atom. The van der Waals surface area contributed by atoms with Gasteiger partial charge in [-0.3, -0.25) is 4.79 Å². The van der Waals surface area contributed by atoms with Crippen LogP contribution < -0.4 is 10.8 Å². The van der Waals surface area contributed by atoms with Crippen molar-refractivity contribution in [3.05, 3.63) is 24.0 Å². The molecule has 0 unspecified atom stereocenters. The number of carbonyl (C=O) groups is 1. The van der Waals surface area contributed by atoms with Gasteiger partial charge in [0.2, 0.25) is 5.91 Å². The van der Waals surface area contributed by atoms with Crippen LogP contribution in [0.3, 0.4) is 0 Å². The molecule has 1 aromatic rings. The summed E-state index contributed by atoms with van der Waals surface area (Å²) in [6.07, 6.45) is 0. The van der Waals surface area contributed by atoms with E-state index in [0.29, 0.717) is 0 Å². The second kappa shape index (κ2) is 4.21. The van der Waals surface area contributed by atoms with Crippen molar-refractivity contribution in [3.63, 3.8) is 0 Å². The molecule has 1 aromatic carbocycles. The summed E-state index contributed by atoms with van der Waals surface area (Å²) in [6.45, 7) is 1.24. The predicted octanol–water partition coefficient (Wildman–Crippen LogP) is -0.536. The summed E-state index contributed by atoms with van der Waals surface area (Å²) in [5, 5.41) is 19.8. The lowest BCUT2D eigenvalue weighted by Crippen LogP contribution is -2.33. The Labute approximate surface area is 80.5 Å².